The minimum absolute atomic E-state index is 0.185. The van der Waals surface area contributed by atoms with E-state index in [1.807, 2.05) is 19.1 Å². The molecule has 1 heterocycles. The van der Waals surface area contributed by atoms with E-state index in [4.69, 9.17) is 16.3 Å². The van der Waals surface area contributed by atoms with Gasteiger partial charge in [0.1, 0.15) is 0 Å². The van der Waals surface area contributed by atoms with Crippen LogP contribution >= 0.6 is 23.4 Å². The highest BCUT2D eigenvalue weighted by atomic mass is 35.5. The number of benzene rings is 2. The van der Waals surface area contributed by atoms with Crippen LogP contribution in [-0.4, -0.2) is 23.3 Å². The van der Waals surface area contributed by atoms with E-state index < -0.39 is 23.4 Å². The fourth-order valence-corrected chi connectivity index (χ4v) is 4.56. The molecule has 9 heteroatoms. The minimum Gasteiger partial charge on any atom is -0.376 e. The topological polar surface area (TPSA) is 51.2 Å². The number of rotatable bonds is 11. The molecule has 0 bridgehead atoms. The zero-order valence-electron chi connectivity index (χ0n) is 22.1. The Morgan fingerprint density at radius 2 is 1.71 bits per heavy atom. The Hall–Kier alpha value is -2.55. The molecular formula is C29H34ClF3N2O2S. The van der Waals surface area contributed by atoms with E-state index in [2.05, 4.69) is 31.1 Å². The zero-order chi connectivity index (χ0) is 28.1. The lowest BCUT2D eigenvalue weighted by molar-refractivity contribution is 0.0982. The zero-order valence-corrected chi connectivity index (χ0v) is 23.6. The number of amides is 1. The number of hydrogen-bond acceptors (Lipinski definition) is 4. The second-order valence-corrected chi connectivity index (χ2v) is 10.8. The van der Waals surface area contributed by atoms with Gasteiger partial charge in [-0.25, -0.2) is 13.2 Å². The number of hydrogen-bond donors (Lipinski definition) is 1. The largest absolute Gasteiger partial charge is 0.376 e. The Morgan fingerprint density at radius 3 is 2.29 bits per heavy atom. The normalized spacial score (nSPS) is 11.6. The molecule has 0 radical (unpaired) electrons. The molecule has 0 spiro atoms. The number of halogens is 4. The average molecular weight is 567 g/mol. The average Bonchev–Trinajstić information content (AvgIpc) is 2.87. The summed E-state index contributed by atoms with van der Waals surface area (Å²) in [6.45, 7) is 9.82. The molecule has 2 aromatic carbocycles. The summed E-state index contributed by atoms with van der Waals surface area (Å²) in [6.07, 6.45) is 6.13. The van der Waals surface area contributed by atoms with Gasteiger partial charge in [0.15, 0.2) is 17.5 Å². The summed E-state index contributed by atoms with van der Waals surface area (Å²) in [5, 5.41) is 2.84. The highest BCUT2D eigenvalue weighted by Gasteiger charge is 2.15. The van der Waals surface area contributed by atoms with Gasteiger partial charge in [-0.1, -0.05) is 52.1 Å². The fraction of sp³-hybridized carbons (Fsp3) is 0.379. The van der Waals surface area contributed by atoms with Crippen LogP contribution in [0.2, 0.25) is 5.02 Å². The summed E-state index contributed by atoms with van der Waals surface area (Å²) in [6, 6.07) is 9.90. The number of nitrogens with one attached hydrogen (secondary N) is 1. The molecule has 206 valence electrons. The van der Waals surface area contributed by atoms with Crippen molar-refractivity contribution in [3.05, 3.63) is 88.5 Å². The smallest absolute Gasteiger partial charge is 0.255 e. The number of anilines is 1. The van der Waals surface area contributed by atoms with E-state index in [1.54, 1.807) is 24.5 Å². The highest BCUT2D eigenvalue weighted by molar-refractivity contribution is 7.99. The molecule has 0 saturated carbocycles. The molecule has 1 unspecified atom stereocenters. The van der Waals surface area contributed by atoms with Crippen molar-refractivity contribution in [2.24, 2.45) is 11.8 Å². The second kappa shape index (κ2) is 16.4. The molecule has 4 nitrogen and oxygen atoms in total. The molecule has 0 saturated heterocycles. The summed E-state index contributed by atoms with van der Waals surface area (Å²) < 4.78 is 45.6. The van der Waals surface area contributed by atoms with Crippen LogP contribution < -0.4 is 5.32 Å². The summed E-state index contributed by atoms with van der Waals surface area (Å²) in [5.41, 5.74) is 1.11. The third-order valence-corrected chi connectivity index (χ3v) is 7.07. The van der Waals surface area contributed by atoms with Crippen molar-refractivity contribution >= 4 is 35.0 Å². The minimum atomic E-state index is -1.59. The molecule has 1 aromatic heterocycles. The van der Waals surface area contributed by atoms with Crippen LogP contribution in [0.1, 0.15) is 56.5 Å². The van der Waals surface area contributed by atoms with Gasteiger partial charge in [-0.15, -0.1) is 11.8 Å². The van der Waals surface area contributed by atoms with Gasteiger partial charge in [0.2, 0.25) is 0 Å². The van der Waals surface area contributed by atoms with Crippen molar-refractivity contribution < 1.29 is 22.7 Å². The van der Waals surface area contributed by atoms with E-state index in [0.29, 0.717) is 28.9 Å². The monoisotopic (exact) mass is 566 g/mol. The maximum Gasteiger partial charge on any atom is 0.255 e. The van der Waals surface area contributed by atoms with E-state index in [1.165, 1.54) is 30.7 Å². The quantitative estimate of drug-likeness (QED) is 0.186. The lowest BCUT2D eigenvalue weighted by Crippen LogP contribution is -2.13. The number of aromatic nitrogens is 1. The maximum atomic E-state index is 13.4. The predicted molar refractivity (Wildman–Crippen MR) is 149 cm³/mol. The molecule has 1 N–H and O–H groups in total. The van der Waals surface area contributed by atoms with Crippen molar-refractivity contribution in [1.82, 2.24) is 4.98 Å². The molecule has 38 heavy (non-hydrogen) atoms. The van der Waals surface area contributed by atoms with Gasteiger partial charge >= 0.3 is 0 Å². The maximum absolute atomic E-state index is 13.4. The van der Waals surface area contributed by atoms with E-state index >= 15 is 0 Å². The van der Waals surface area contributed by atoms with Crippen molar-refractivity contribution in [2.75, 3.05) is 17.7 Å². The van der Waals surface area contributed by atoms with Gasteiger partial charge in [-0.2, -0.15) is 0 Å². The first kappa shape index (κ1) is 31.7. The van der Waals surface area contributed by atoms with Crippen LogP contribution in [-0.2, 0) is 11.3 Å². The Morgan fingerprint density at radius 1 is 1.05 bits per heavy atom. The highest BCUT2D eigenvalue weighted by Crippen LogP contribution is 2.30. The van der Waals surface area contributed by atoms with Gasteiger partial charge in [0, 0.05) is 46.4 Å². The lowest BCUT2D eigenvalue weighted by Gasteiger charge is -2.13. The van der Waals surface area contributed by atoms with Crippen molar-refractivity contribution in [3.8, 4) is 0 Å². The van der Waals surface area contributed by atoms with Gasteiger partial charge in [0.25, 0.3) is 5.91 Å². The Kier molecular flexibility index (Phi) is 13.7. The summed E-state index contributed by atoms with van der Waals surface area (Å²) >= 11 is 7.73. The Balaban J connectivity index is 0.000000757. The van der Waals surface area contributed by atoms with Gasteiger partial charge < -0.3 is 10.1 Å². The number of carbonyl (C=O) groups excluding carboxylic acids is 1. The van der Waals surface area contributed by atoms with Gasteiger partial charge in [0.05, 0.1) is 18.2 Å². The Bertz CT molecular complexity index is 1140. The standard InChI is InChI=1S/C23H20ClF3N2O2S.C6H14/c1-14(11-31-12-15-4-6-28-7-5-15)13-32-21-8-16(2-3-18(21)24)23(30)29-17-9-19(25)22(27)20(26)10-17;1-4-5-6(2)3/h2-10,14H,11-13H2,1H3,(H,29,30);6H,4-5H2,1-3H3. The molecule has 1 atom stereocenters. The number of thioether (sulfide) groups is 1. The van der Waals surface area contributed by atoms with Crippen LogP contribution in [0.3, 0.4) is 0 Å². The molecule has 0 aliphatic carbocycles. The molecule has 0 aliphatic rings. The van der Waals surface area contributed by atoms with Crippen molar-refractivity contribution in [2.45, 2.75) is 52.0 Å². The molecule has 1 amide bonds. The number of ether oxygens (including phenoxy) is 1. The molecule has 0 fully saturated rings. The first-order valence-corrected chi connectivity index (χ1v) is 13.8. The summed E-state index contributed by atoms with van der Waals surface area (Å²) in [7, 11) is 0. The van der Waals surface area contributed by atoms with Gasteiger partial charge in [-0.3, -0.25) is 9.78 Å². The first-order chi connectivity index (χ1) is 18.1. The molecule has 0 aliphatic heterocycles. The third kappa shape index (κ3) is 11.1. The number of pyridine rings is 1. The molecule has 3 rings (SSSR count). The predicted octanol–water partition coefficient (Wildman–Crippen LogP) is 8.79. The Labute approximate surface area is 232 Å². The van der Waals surface area contributed by atoms with Crippen molar-refractivity contribution in [1.29, 1.82) is 0 Å². The molecule has 3 aromatic rings. The van der Waals surface area contributed by atoms with Crippen molar-refractivity contribution in [3.63, 3.8) is 0 Å². The summed E-state index contributed by atoms with van der Waals surface area (Å²) in [4.78, 5) is 17.1. The first-order valence-electron chi connectivity index (χ1n) is 12.5. The van der Waals surface area contributed by atoms with Crippen LogP contribution in [0.4, 0.5) is 18.9 Å². The van der Waals surface area contributed by atoms with Crippen LogP contribution in [0.25, 0.3) is 0 Å². The lowest BCUT2D eigenvalue weighted by atomic mass is 10.1. The summed E-state index contributed by atoms with van der Waals surface area (Å²) in [5.74, 6) is -3.12. The number of carbonyl (C=O) groups is 1. The third-order valence-electron chi connectivity index (χ3n) is 5.24. The van der Waals surface area contributed by atoms with E-state index in [-0.39, 0.29) is 17.2 Å². The van der Waals surface area contributed by atoms with E-state index in [9.17, 15) is 18.0 Å². The second-order valence-electron chi connectivity index (χ2n) is 9.32. The van der Waals surface area contributed by atoms with Crippen LogP contribution in [0, 0.1) is 29.3 Å². The van der Waals surface area contributed by atoms with Crippen LogP contribution in [0.5, 0.6) is 0 Å². The molecular weight excluding hydrogens is 533 g/mol. The fourth-order valence-electron chi connectivity index (χ4n) is 3.30. The SMILES string of the molecule is CC(COCc1ccncc1)CSc1cc(C(=O)Nc2cc(F)c(F)c(F)c2)ccc1Cl.CCCC(C)C. The van der Waals surface area contributed by atoms with Gasteiger partial charge in [-0.05, 0) is 47.7 Å². The van der Waals surface area contributed by atoms with Crippen LogP contribution in [0.15, 0.2) is 59.8 Å². The number of nitrogens with zero attached hydrogens (tertiary/aromatic N) is 1. The van der Waals surface area contributed by atoms with E-state index in [0.717, 1.165) is 23.6 Å².